The molecule has 0 unspecified atom stereocenters. The molecule has 0 amide bonds. The zero-order valence-electron chi connectivity index (χ0n) is 8.91. The molecule has 0 aliphatic carbocycles. The van der Waals surface area contributed by atoms with E-state index < -0.39 is 5.97 Å². The van der Waals surface area contributed by atoms with Crippen molar-refractivity contribution in [1.29, 1.82) is 0 Å². The average Bonchev–Trinajstić information content (AvgIpc) is 2.19. The van der Waals surface area contributed by atoms with E-state index >= 15 is 0 Å². The molecule has 0 spiro atoms. The molecular formula is C11H15NO3. The maximum absolute atomic E-state index is 10.8. The van der Waals surface area contributed by atoms with E-state index in [-0.39, 0.29) is 5.56 Å². The molecule has 0 aliphatic rings. The number of ether oxygens (including phenoxy) is 1. The summed E-state index contributed by atoms with van der Waals surface area (Å²) < 4.78 is 5.41. The topological polar surface area (TPSA) is 72.5 Å². The van der Waals surface area contributed by atoms with Crippen LogP contribution in [0.5, 0.6) is 5.75 Å². The summed E-state index contributed by atoms with van der Waals surface area (Å²) in [5.74, 6) is -0.447. The molecule has 0 atom stereocenters. The van der Waals surface area contributed by atoms with Gasteiger partial charge in [0, 0.05) is 11.3 Å². The summed E-state index contributed by atoms with van der Waals surface area (Å²) in [4.78, 5) is 10.8. The Kier molecular flexibility index (Phi) is 3.55. The first-order chi connectivity index (χ1) is 7.06. The van der Waals surface area contributed by atoms with Crippen LogP contribution in [0.3, 0.4) is 0 Å². The van der Waals surface area contributed by atoms with E-state index in [0.717, 1.165) is 12.0 Å². The lowest BCUT2D eigenvalue weighted by atomic mass is 10.1. The summed E-state index contributed by atoms with van der Waals surface area (Å²) in [5, 5.41) is 8.84. The fourth-order valence-electron chi connectivity index (χ4n) is 1.19. The number of carbonyl (C=O) groups is 1. The van der Waals surface area contributed by atoms with Crippen LogP contribution in [0.15, 0.2) is 12.1 Å². The first-order valence-electron chi connectivity index (χ1n) is 4.82. The van der Waals surface area contributed by atoms with E-state index in [4.69, 9.17) is 15.6 Å². The summed E-state index contributed by atoms with van der Waals surface area (Å²) in [6, 6.07) is 2.94. The quantitative estimate of drug-likeness (QED) is 0.744. The number of nitrogen functional groups attached to an aromatic ring is 1. The third-order valence-electron chi connectivity index (χ3n) is 2.11. The highest BCUT2D eigenvalue weighted by Gasteiger charge is 2.10. The largest absolute Gasteiger partial charge is 0.493 e. The average molecular weight is 209 g/mol. The number of carboxylic acid groups (broad SMARTS) is 1. The Morgan fingerprint density at radius 2 is 2.20 bits per heavy atom. The highest BCUT2D eigenvalue weighted by molar-refractivity contribution is 5.89. The van der Waals surface area contributed by atoms with Gasteiger partial charge in [-0.1, -0.05) is 6.92 Å². The molecule has 82 valence electrons. The van der Waals surface area contributed by atoms with Crippen molar-refractivity contribution in [3.63, 3.8) is 0 Å². The van der Waals surface area contributed by atoms with Crippen LogP contribution < -0.4 is 10.5 Å². The van der Waals surface area contributed by atoms with Gasteiger partial charge in [-0.15, -0.1) is 0 Å². The van der Waals surface area contributed by atoms with E-state index in [2.05, 4.69) is 0 Å². The highest BCUT2D eigenvalue weighted by atomic mass is 16.5. The van der Waals surface area contributed by atoms with Crippen LogP contribution in [0, 0.1) is 6.92 Å². The normalized spacial score (nSPS) is 10.0. The van der Waals surface area contributed by atoms with Gasteiger partial charge in [-0.3, -0.25) is 0 Å². The summed E-state index contributed by atoms with van der Waals surface area (Å²) in [5.41, 5.74) is 7.08. The number of rotatable bonds is 4. The Morgan fingerprint density at radius 3 is 2.73 bits per heavy atom. The third kappa shape index (κ3) is 2.62. The van der Waals surface area contributed by atoms with E-state index in [1.807, 2.05) is 13.8 Å². The van der Waals surface area contributed by atoms with Gasteiger partial charge in [-0.2, -0.15) is 0 Å². The molecule has 0 saturated carbocycles. The fourth-order valence-corrected chi connectivity index (χ4v) is 1.19. The highest BCUT2D eigenvalue weighted by Crippen LogP contribution is 2.26. The van der Waals surface area contributed by atoms with Crippen molar-refractivity contribution in [2.75, 3.05) is 12.3 Å². The Labute approximate surface area is 88.7 Å². The molecule has 1 aromatic carbocycles. The zero-order valence-corrected chi connectivity index (χ0v) is 8.91. The summed E-state index contributed by atoms with van der Waals surface area (Å²) in [6.07, 6.45) is 0.872. The predicted molar refractivity (Wildman–Crippen MR) is 58.3 cm³/mol. The van der Waals surface area contributed by atoms with Crippen LogP contribution in [-0.2, 0) is 0 Å². The van der Waals surface area contributed by atoms with Crippen molar-refractivity contribution < 1.29 is 14.6 Å². The lowest BCUT2D eigenvalue weighted by Crippen LogP contribution is -2.04. The van der Waals surface area contributed by atoms with Gasteiger partial charge in [0.2, 0.25) is 0 Å². The van der Waals surface area contributed by atoms with E-state index in [9.17, 15) is 4.79 Å². The SMILES string of the molecule is CCCOc1cc(C(=O)O)cc(N)c1C. The van der Waals surface area contributed by atoms with Gasteiger partial charge in [0.1, 0.15) is 5.75 Å². The van der Waals surface area contributed by atoms with Crippen LogP contribution in [0.25, 0.3) is 0 Å². The first-order valence-corrected chi connectivity index (χ1v) is 4.82. The minimum atomic E-state index is -0.997. The first kappa shape index (κ1) is 11.4. The standard InChI is InChI=1S/C11H15NO3/c1-3-4-15-10-6-8(11(13)14)5-9(12)7(10)2/h5-6H,3-4,12H2,1-2H3,(H,13,14). The zero-order chi connectivity index (χ0) is 11.4. The van der Waals surface area contributed by atoms with Gasteiger partial charge in [0.25, 0.3) is 0 Å². The summed E-state index contributed by atoms with van der Waals surface area (Å²) in [7, 11) is 0. The number of aromatic carboxylic acids is 1. The van der Waals surface area contributed by atoms with Gasteiger partial charge in [0.15, 0.2) is 0 Å². The minimum absolute atomic E-state index is 0.157. The number of hydrogen-bond acceptors (Lipinski definition) is 3. The molecule has 4 nitrogen and oxygen atoms in total. The van der Waals surface area contributed by atoms with E-state index in [1.54, 1.807) is 0 Å². The Bertz CT molecular complexity index is 374. The van der Waals surface area contributed by atoms with Crippen molar-refractivity contribution in [2.45, 2.75) is 20.3 Å². The van der Waals surface area contributed by atoms with Crippen molar-refractivity contribution in [3.8, 4) is 5.75 Å². The number of anilines is 1. The number of nitrogens with two attached hydrogens (primary N) is 1. The van der Waals surface area contributed by atoms with Gasteiger partial charge in [-0.05, 0) is 25.5 Å². The van der Waals surface area contributed by atoms with Crippen LogP contribution in [-0.4, -0.2) is 17.7 Å². The second-order valence-corrected chi connectivity index (χ2v) is 3.34. The summed E-state index contributed by atoms with van der Waals surface area (Å²) >= 11 is 0. The molecule has 1 rings (SSSR count). The molecule has 0 aromatic heterocycles. The minimum Gasteiger partial charge on any atom is -0.493 e. The van der Waals surface area contributed by atoms with Crippen LogP contribution in [0.4, 0.5) is 5.69 Å². The molecule has 1 aromatic rings. The molecular weight excluding hydrogens is 194 g/mol. The second kappa shape index (κ2) is 4.68. The maximum Gasteiger partial charge on any atom is 0.335 e. The summed E-state index contributed by atoms with van der Waals surface area (Å²) in [6.45, 7) is 4.36. The van der Waals surface area contributed by atoms with Crippen molar-refractivity contribution >= 4 is 11.7 Å². The van der Waals surface area contributed by atoms with E-state index in [0.29, 0.717) is 18.0 Å². The van der Waals surface area contributed by atoms with Crippen LogP contribution in [0.2, 0.25) is 0 Å². The van der Waals surface area contributed by atoms with E-state index in [1.165, 1.54) is 12.1 Å². The predicted octanol–water partition coefficient (Wildman–Crippen LogP) is 2.06. The number of benzene rings is 1. The number of carboxylic acids is 1. The molecule has 0 saturated heterocycles. The smallest absolute Gasteiger partial charge is 0.335 e. The van der Waals surface area contributed by atoms with Gasteiger partial charge in [-0.25, -0.2) is 4.79 Å². The molecule has 0 heterocycles. The molecule has 15 heavy (non-hydrogen) atoms. The Balaban J connectivity index is 3.07. The Hall–Kier alpha value is -1.71. The third-order valence-corrected chi connectivity index (χ3v) is 2.11. The molecule has 3 N–H and O–H groups in total. The monoisotopic (exact) mass is 209 g/mol. The molecule has 0 radical (unpaired) electrons. The van der Waals surface area contributed by atoms with Crippen LogP contribution in [0.1, 0.15) is 29.3 Å². The molecule has 0 bridgehead atoms. The molecule has 0 aliphatic heterocycles. The maximum atomic E-state index is 10.8. The van der Waals surface area contributed by atoms with Crippen molar-refractivity contribution in [2.24, 2.45) is 0 Å². The molecule has 0 fully saturated rings. The van der Waals surface area contributed by atoms with Crippen LogP contribution >= 0.6 is 0 Å². The second-order valence-electron chi connectivity index (χ2n) is 3.34. The van der Waals surface area contributed by atoms with Crippen molar-refractivity contribution in [3.05, 3.63) is 23.3 Å². The lowest BCUT2D eigenvalue weighted by molar-refractivity contribution is 0.0696. The molecule has 4 heteroatoms. The lowest BCUT2D eigenvalue weighted by Gasteiger charge is -2.11. The van der Waals surface area contributed by atoms with Gasteiger partial charge >= 0.3 is 5.97 Å². The number of hydrogen-bond donors (Lipinski definition) is 2. The van der Waals surface area contributed by atoms with Gasteiger partial charge in [0.05, 0.1) is 12.2 Å². The van der Waals surface area contributed by atoms with Crippen molar-refractivity contribution in [1.82, 2.24) is 0 Å². The Morgan fingerprint density at radius 1 is 1.53 bits per heavy atom. The fraction of sp³-hybridized carbons (Fsp3) is 0.364. The van der Waals surface area contributed by atoms with Gasteiger partial charge < -0.3 is 15.6 Å².